The first-order chi connectivity index (χ1) is 18.7. The normalized spacial score (nSPS) is 17.1. The van der Waals surface area contributed by atoms with E-state index in [1.165, 1.54) is 0 Å². The number of ether oxygens (including phenoxy) is 1. The Balaban J connectivity index is 1.64. The highest BCUT2D eigenvalue weighted by atomic mass is 28.4. The number of hydrogen-bond acceptors (Lipinski definition) is 5. The first-order valence-electron chi connectivity index (χ1n) is 13.6. The van der Waals surface area contributed by atoms with E-state index < -0.39 is 14.4 Å². The highest BCUT2D eigenvalue weighted by Gasteiger charge is 2.43. The Morgan fingerprint density at radius 2 is 1.28 bits per heavy atom. The average molecular weight is 537 g/mol. The summed E-state index contributed by atoms with van der Waals surface area (Å²) in [6.07, 6.45) is 0.157. The molecule has 39 heavy (non-hydrogen) atoms. The van der Waals surface area contributed by atoms with Crippen LogP contribution in [-0.2, 0) is 9.16 Å². The molecule has 0 saturated carbocycles. The van der Waals surface area contributed by atoms with Crippen LogP contribution >= 0.6 is 0 Å². The summed E-state index contributed by atoms with van der Waals surface area (Å²) in [5, 5.41) is 9.60. The molecule has 3 aromatic carbocycles. The van der Waals surface area contributed by atoms with Crippen LogP contribution in [0.25, 0.3) is 22.5 Å². The lowest BCUT2D eigenvalue weighted by molar-refractivity contribution is 0.0282. The minimum absolute atomic E-state index is 0.0101. The standard InChI is InChI=1S/C33H36N2O3Si/c1-33(2,3)39(4,5)37-22-26-21-27(38-32(36)25-19-13-8-14-20-25)29-28(26)30(23-15-9-6-10-16-23)34-35-31(29)24-17-11-7-12-18-24/h6-20,26-27H,21-22H2,1-5H3/t26-,27+/m1/s1. The topological polar surface area (TPSA) is 61.3 Å². The van der Waals surface area contributed by atoms with Gasteiger partial charge in [0.1, 0.15) is 11.8 Å². The Labute approximate surface area is 232 Å². The molecule has 5 nitrogen and oxygen atoms in total. The zero-order valence-corrected chi connectivity index (χ0v) is 24.3. The third-order valence-electron chi connectivity index (χ3n) is 8.08. The van der Waals surface area contributed by atoms with Crippen molar-refractivity contribution in [2.45, 2.75) is 57.3 Å². The first-order valence-corrected chi connectivity index (χ1v) is 16.5. The number of carbonyl (C=O) groups is 1. The number of benzene rings is 3. The summed E-state index contributed by atoms with van der Waals surface area (Å²) < 4.78 is 13.0. The molecule has 4 aromatic rings. The van der Waals surface area contributed by atoms with Gasteiger partial charge in [0.2, 0.25) is 0 Å². The maximum atomic E-state index is 13.3. The minimum atomic E-state index is -2.02. The van der Waals surface area contributed by atoms with Crippen molar-refractivity contribution in [2.24, 2.45) is 0 Å². The van der Waals surface area contributed by atoms with Crippen LogP contribution in [0.1, 0.15) is 60.7 Å². The summed E-state index contributed by atoms with van der Waals surface area (Å²) in [4.78, 5) is 13.3. The molecule has 1 heterocycles. The lowest BCUT2D eigenvalue weighted by Gasteiger charge is -2.37. The number of carbonyl (C=O) groups excluding carboxylic acids is 1. The van der Waals surface area contributed by atoms with Gasteiger partial charge in [-0.25, -0.2) is 4.79 Å². The number of rotatable bonds is 7. The highest BCUT2D eigenvalue weighted by molar-refractivity contribution is 6.74. The second-order valence-corrected chi connectivity index (χ2v) is 16.5. The smallest absolute Gasteiger partial charge is 0.338 e. The largest absolute Gasteiger partial charge is 0.454 e. The fourth-order valence-electron chi connectivity index (χ4n) is 4.87. The van der Waals surface area contributed by atoms with E-state index >= 15 is 0 Å². The maximum absolute atomic E-state index is 13.3. The Morgan fingerprint density at radius 1 is 0.795 bits per heavy atom. The molecular weight excluding hydrogens is 500 g/mol. The molecule has 0 saturated heterocycles. The monoisotopic (exact) mass is 536 g/mol. The van der Waals surface area contributed by atoms with Crippen LogP contribution in [0.2, 0.25) is 18.1 Å². The Hall–Kier alpha value is -3.61. The molecule has 200 valence electrons. The van der Waals surface area contributed by atoms with Crippen molar-refractivity contribution in [3.63, 3.8) is 0 Å². The molecule has 6 heteroatoms. The molecule has 0 unspecified atom stereocenters. The van der Waals surface area contributed by atoms with Crippen molar-refractivity contribution in [3.8, 4) is 22.5 Å². The van der Waals surface area contributed by atoms with E-state index in [2.05, 4.69) is 46.0 Å². The minimum Gasteiger partial charge on any atom is -0.454 e. The van der Waals surface area contributed by atoms with Gasteiger partial charge < -0.3 is 9.16 Å². The van der Waals surface area contributed by atoms with Crippen LogP contribution < -0.4 is 0 Å². The predicted molar refractivity (Wildman–Crippen MR) is 158 cm³/mol. The number of fused-ring (bicyclic) bond motifs is 1. The van der Waals surface area contributed by atoms with Crippen LogP contribution in [0.15, 0.2) is 91.0 Å². The molecule has 0 aliphatic heterocycles. The van der Waals surface area contributed by atoms with Gasteiger partial charge in [-0.05, 0) is 42.2 Å². The van der Waals surface area contributed by atoms with E-state index in [1.54, 1.807) is 12.1 Å². The Kier molecular flexibility index (Phi) is 7.52. The van der Waals surface area contributed by atoms with Crippen LogP contribution in [-0.4, -0.2) is 31.1 Å². The van der Waals surface area contributed by atoms with E-state index in [0.717, 1.165) is 33.6 Å². The van der Waals surface area contributed by atoms with Gasteiger partial charge in [0.25, 0.3) is 0 Å². The molecule has 5 rings (SSSR count). The van der Waals surface area contributed by atoms with Gasteiger partial charge in [0, 0.05) is 29.2 Å². The molecule has 0 amide bonds. The van der Waals surface area contributed by atoms with Crippen molar-refractivity contribution in [1.29, 1.82) is 0 Å². The van der Waals surface area contributed by atoms with Crippen molar-refractivity contribution < 1.29 is 14.0 Å². The highest BCUT2D eigenvalue weighted by Crippen LogP contribution is 2.50. The number of nitrogens with zero attached hydrogens (tertiary/aromatic N) is 2. The average Bonchev–Trinajstić information content (AvgIpc) is 3.30. The molecule has 1 aromatic heterocycles. The summed E-state index contributed by atoms with van der Waals surface area (Å²) in [6, 6.07) is 29.3. The predicted octanol–water partition coefficient (Wildman–Crippen LogP) is 8.22. The van der Waals surface area contributed by atoms with Gasteiger partial charge in [-0.2, -0.15) is 0 Å². The first kappa shape index (κ1) is 27.0. The van der Waals surface area contributed by atoms with Crippen LogP contribution in [0, 0.1) is 0 Å². The summed E-state index contributed by atoms with van der Waals surface area (Å²) in [5.41, 5.74) is 6.06. The van der Waals surface area contributed by atoms with Crippen LogP contribution in [0.5, 0.6) is 0 Å². The Bertz CT molecular complexity index is 1430. The maximum Gasteiger partial charge on any atom is 0.338 e. The molecule has 2 atom stereocenters. The van der Waals surface area contributed by atoms with E-state index in [0.29, 0.717) is 18.6 Å². The number of esters is 1. The van der Waals surface area contributed by atoms with Gasteiger partial charge in [0.05, 0.1) is 11.3 Å². The molecule has 0 fully saturated rings. The molecule has 0 bridgehead atoms. The Morgan fingerprint density at radius 3 is 1.79 bits per heavy atom. The third-order valence-corrected chi connectivity index (χ3v) is 12.6. The fourth-order valence-corrected chi connectivity index (χ4v) is 5.92. The second kappa shape index (κ2) is 10.9. The van der Waals surface area contributed by atoms with Crippen LogP contribution in [0.4, 0.5) is 0 Å². The van der Waals surface area contributed by atoms with Gasteiger partial charge in [-0.1, -0.05) is 99.6 Å². The summed E-state index contributed by atoms with van der Waals surface area (Å²) in [6.45, 7) is 11.8. The van der Waals surface area contributed by atoms with Crippen molar-refractivity contribution in [2.75, 3.05) is 6.61 Å². The third kappa shape index (κ3) is 5.58. The van der Waals surface area contributed by atoms with E-state index in [-0.39, 0.29) is 16.9 Å². The van der Waals surface area contributed by atoms with Gasteiger partial charge in [0.15, 0.2) is 8.32 Å². The van der Waals surface area contributed by atoms with Gasteiger partial charge in [-0.3, -0.25) is 0 Å². The quantitative estimate of drug-likeness (QED) is 0.176. The summed E-state index contributed by atoms with van der Waals surface area (Å²) in [7, 11) is -2.02. The summed E-state index contributed by atoms with van der Waals surface area (Å²) in [5.74, 6) is -0.328. The van der Waals surface area contributed by atoms with Crippen molar-refractivity contribution in [3.05, 3.63) is 108 Å². The van der Waals surface area contributed by atoms with E-state index in [9.17, 15) is 4.79 Å². The second-order valence-electron chi connectivity index (χ2n) is 11.7. The molecule has 0 radical (unpaired) electrons. The molecule has 0 N–H and O–H groups in total. The lowest BCUT2D eigenvalue weighted by atomic mass is 9.94. The zero-order valence-electron chi connectivity index (χ0n) is 23.3. The number of hydrogen-bond donors (Lipinski definition) is 0. The van der Waals surface area contributed by atoms with Gasteiger partial charge >= 0.3 is 5.97 Å². The van der Waals surface area contributed by atoms with Crippen LogP contribution in [0.3, 0.4) is 0 Å². The van der Waals surface area contributed by atoms with E-state index in [4.69, 9.17) is 19.4 Å². The SMILES string of the molecule is CC(C)(C)[Si](C)(C)OC[C@H]1C[C@H](OC(=O)c2ccccc2)c2c(-c3ccccc3)nnc(-c3ccccc3)c21. The van der Waals surface area contributed by atoms with Gasteiger partial charge in [-0.15, -0.1) is 10.2 Å². The molecule has 1 aliphatic rings. The fraction of sp³-hybridized carbons (Fsp3) is 0.303. The van der Waals surface area contributed by atoms with Crippen molar-refractivity contribution in [1.82, 2.24) is 10.2 Å². The number of aromatic nitrogens is 2. The summed E-state index contributed by atoms with van der Waals surface area (Å²) >= 11 is 0. The van der Waals surface area contributed by atoms with Crippen molar-refractivity contribution >= 4 is 14.3 Å². The van der Waals surface area contributed by atoms with E-state index in [1.807, 2.05) is 66.7 Å². The lowest BCUT2D eigenvalue weighted by Crippen LogP contribution is -2.41. The molecule has 1 aliphatic carbocycles. The molecule has 0 spiro atoms. The molecular formula is C33H36N2O3Si. The zero-order chi connectivity index (χ0) is 27.6.